The fourth-order valence-corrected chi connectivity index (χ4v) is 2.37. The summed E-state index contributed by atoms with van der Waals surface area (Å²) in [6.07, 6.45) is 3.89. The lowest BCUT2D eigenvalue weighted by atomic mass is 10.00. The maximum absolute atomic E-state index is 10.9. The second kappa shape index (κ2) is 4.81. The second-order valence-electron chi connectivity index (χ2n) is 4.64. The topological polar surface area (TPSA) is 80.0 Å². The normalized spacial score (nSPS) is 22.5. The molecule has 6 nitrogen and oxygen atoms in total. The molecule has 3 rings (SSSR count). The van der Waals surface area contributed by atoms with Crippen LogP contribution < -0.4 is 5.32 Å². The number of rotatable bonds is 3. The van der Waals surface area contributed by atoms with Gasteiger partial charge >= 0.3 is 5.97 Å². The van der Waals surface area contributed by atoms with Crippen LogP contribution in [0.3, 0.4) is 0 Å². The number of carboxylic acids is 1. The lowest BCUT2D eigenvalue weighted by Crippen LogP contribution is -2.17. The zero-order valence-electron chi connectivity index (χ0n) is 10.2. The summed E-state index contributed by atoms with van der Waals surface area (Å²) in [5.41, 5.74) is 1.99. The van der Waals surface area contributed by atoms with E-state index in [9.17, 15) is 4.79 Å². The van der Waals surface area contributed by atoms with Gasteiger partial charge in [-0.1, -0.05) is 12.1 Å². The van der Waals surface area contributed by atoms with Crippen LogP contribution in [0.5, 0.6) is 0 Å². The van der Waals surface area contributed by atoms with E-state index in [1.165, 1.54) is 0 Å². The Kier molecular flexibility index (Phi) is 3.00. The summed E-state index contributed by atoms with van der Waals surface area (Å²) in [5.74, 6) is -1.02. The van der Waals surface area contributed by atoms with Crippen molar-refractivity contribution in [1.29, 1.82) is 0 Å². The monoisotopic (exact) mass is 258 g/mol. The zero-order valence-corrected chi connectivity index (χ0v) is 10.2. The van der Waals surface area contributed by atoms with Gasteiger partial charge in [-0.2, -0.15) is 15.0 Å². The Morgan fingerprint density at radius 3 is 2.53 bits per heavy atom. The molecule has 6 heteroatoms. The molecule has 19 heavy (non-hydrogen) atoms. The average molecular weight is 258 g/mol. The van der Waals surface area contributed by atoms with Crippen LogP contribution in [0.25, 0.3) is 5.69 Å². The van der Waals surface area contributed by atoms with Crippen molar-refractivity contribution in [3.63, 3.8) is 0 Å². The van der Waals surface area contributed by atoms with Crippen molar-refractivity contribution in [2.75, 3.05) is 6.54 Å². The van der Waals surface area contributed by atoms with E-state index in [1.807, 2.05) is 24.3 Å². The number of aliphatic carboxylic acids is 1. The van der Waals surface area contributed by atoms with Crippen LogP contribution in [0.2, 0.25) is 0 Å². The molecule has 0 saturated carbocycles. The first-order chi connectivity index (χ1) is 9.24. The summed E-state index contributed by atoms with van der Waals surface area (Å²) in [6.45, 7) is 0.530. The van der Waals surface area contributed by atoms with Gasteiger partial charge in [-0.15, -0.1) is 0 Å². The van der Waals surface area contributed by atoms with Gasteiger partial charge in [0.05, 0.1) is 24.0 Å². The van der Waals surface area contributed by atoms with Crippen molar-refractivity contribution in [2.45, 2.75) is 12.5 Å². The fourth-order valence-electron chi connectivity index (χ4n) is 2.37. The maximum atomic E-state index is 10.9. The summed E-state index contributed by atoms with van der Waals surface area (Å²) < 4.78 is 0. The molecule has 2 N–H and O–H groups in total. The summed E-state index contributed by atoms with van der Waals surface area (Å²) in [5, 5.41) is 20.3. The molecule has 2 heterocycles. The molecule has 0 spiro atoms. The Labute approximate surface area is 110 Å². The predicted molar refractivity (Wildman–Crippen MR) is 67.8 cm³/mol. The molecular weight excluding hydrogens is 244 g/mol. The molecule has 1 saturated heterocycles. The van der Waals surface area contributed by atoms with E-state index in [0.29, 0.717) is 13.0 Å². The molecular formula is C13H14N4O2. The quantitative estimate of drug-likeness (QED) is 0.858. The van der Waals surface area contributed by atoms with Gasteiger partial charge < -0.3 is 10.4 Å². The van der Waals surface area contributed by atoms with Crippen LogP contribution in [0.1, 0.15) is 18.0 Å². The van der Waals surface area contributed by atoms with E-state index in [1.54, 1.807) is 17.2 Å². The highest BCUT2D eigenvalue weighted by Crippen LogP contribution is 2.27. The minimum absolute atomic E-state index is 0.112. The molecule has 2 unspecified atom stereocenters. The predicted octanol–water partition coefficient (Wildman–Crippen LogP) is 1.00. The second-order valence-corrected chi connectivity index (χ2v) is 4.64. The van der Waals surface area contributed by atoms with Crippen molar-refractivity contribution >= 4 is 5.97 Å². The van der Waals surface area contributed by atoms with Crippen LogP contribution in [-0.4, -0.2) is 32.6 Å². The smallest absolute Gasteiger partial charge is 0.307 e. The fraction of sp³-hybridized carbons (Fsp3) is 0.308. The highest BCUT2D eigenvalue weighted by Gasteiger charge is 2.29. The summed E-state index contributed by atoms with van der Waals surface area (Å²) in [7, 11) is 0. The van der Waals surface area contributed by atoms with Gasteiger partial charge in [0.15, 0.2) is 0 Å². The lowest BCUT2D eigenvalue weighted by molar-refractivity contribution is -0.141. The zero-order chi connectivity index (χ0) is 13.2. The SMILES string of the molecule is O=C(O)C1CNC(c2ccc(-n3nccn3)cc2)C1. The largest absolute Gasteiger partial charge is 0.481 e. The molecule has 1 aliphatic rings. The Morgan fingerprint density at radius 1 is 1.26 bits per heavy atom. The van der Waals surface area contributed by atoms with Crippen molar-refractivity contribution in [1.82, 2.24) is 20.3 Å². The molecule has 2 atom stereocenters. The number of hydrogen-bond donors (Lipinski definition) is 2. The highest BCUT2D eigenvalue weighted by molar-refractivity contribution is 5.70. The van der Waals surface area contributed by atoms with E-state index in [0.717, 1.165) is 11.3 Å². The summed E-state index contributed by atoms with van der Waals surface area (Å²) >= 11 is 0. The molecule has 0 radical (unpaired) electrons. The van der Waals surface area contributed by atoms with Gasteiger partial charge in [-0.3, -0.25) is 4.79 Å². The van der Waals surface area contributed by atoms with Crippen LogP contribution in [0.15, 0.2) is 36.7 Å². The Hall–Kier alpha value is -2.21. The molecule has 2 aromatic rings. The summed E-state index contributed by atoms with van der Waals surface area (Å²) in [4.78, 5) is 12.5. The van der Waals surface area contributed by atoms with Gasteiger partial charge in [0.2, 0.25) is 0 Å². The van der Waals surface area contributed by atoms with Crippen molar-refractivity contribution in [3.05, 3.63) is 42.2 Å². The maximum Gasteiger partial charge on any atom is 0.307 e. The third kappa shape index (κ3) is 2.34. The van der Waals surface area contributed by atoms with Gasteiger partial charge in [-0.25, -0.2) is 0 Å². The van der Waals surface area contributed by atoms with Gasteiger partial charge in [0, 0.05) is 12.6 Å². The third-order valence-corrected chi connectivity index (χ3v) is 3.43. The number of aromatic nitrogens is 3. The first-order valence-corrected chi connectivity index (χ1v) is 6.17. The number of benzene rings is 1. The Morgan fingerprint density at radius 2 is 1.95 bits per heavy atom. The number of carboxylic acid groups (broad SMARTS) is 1. The van der Waals surface area contributed by atoms with E-state index in [-0.39, 0.29) is 12.0 Å². The first-order valence-electron chi connectivity index (χ1n) is 6.17. The van der Waals surface area contributed by atoms with Crippen molar-refractivity contribution < 1.29 is 9.90 Å². The van der Waals surface area contributed by atoms with Crippen LogP contribution >= 0.6 is 0 Å². The molecule has 1 fully saturated rings. The molecule has 1 aromatic heterocycles. The van der Waals surface area contributed by atoms with Gasteiger partial charge in [-0.05, 0) is 24.1 Å². The molecule has 0 aliphatic carbocycles. The first kappa shape index (κ1) is 11.9. The molecule has 1 aromatic carbocycles. The van der Waals surface area contributed by atoms with E-state index in [4.69, 9.17) is 5.11 Å². The Bertz CT molecular complexity index is 565. The van der Waals surface area contributed by atoms with E-state index < -0.39 is 5.97 Å². The molecule has 0 bridgehead atoms. The standard InChI is InChI=1S/C13H14N4O2/c18-13(19)10-7-12(14-8-10)9-1-3-11(4-2-9)17-15-5-6-16-17/h1-6,10,12,14H,7-8H2,(H,18,19). The van der Waals surface area contributed by atoms with Gasteiger partial charge in [0.25, 0.3) is 0 Å². The van der Waals surface area contributed by atoms with Crippen LogP contribution in [-0.2, 0) is 4.79 Å². The molecule has 0 amide bonds. The summed E-state index contributed by atoms with van der Waals surface area (Å²) in [6, 6.07) is 7.96. The van der Waals surface area contributed by atoms with Crippen molar-refractivity contribution in [2.24, 2.45) is 5.92 Å². The number of nitrogens with zero attached hydrogens (tertiary/aromatic N) is 3. The van der Waals surface area contributed by atoms with Crippen LogP contribution in [0, 0.1) is 5.92 Å². The minimum Gasteiger partial charge on any atom is -0.481 e. The van der Waals surface area contributed by atoms with Crippen molar-refractivity contribution in [3.8, 4) is 5.69 Å². The van der Waals surface area contributed by atoms with E-state index >= 15 is 0 Å². The lowest BCUT2D eigenvalue weighted by Gasteiger charge is -2.11. The molecule has 1 aliphatic heterocycles. The average Bonchev–Trinajstić information content (AvgIpc) is 3.11. The number of carbonyl (C=O) groups is 1. The van der Waals surface area contributed by atoms with E-state index in [2.05, 4.69) is 15.5 Å². The minimum atomic E-state index is -0.729. The third-order valence-electron chi connectivity index (χ3n) is 3.43. The Balaban J connectivity index is 1.75. The molecule has 98 valence electrons. The van der Waals surface area contributed by atoms with Crippen LogP contribution in [0.4, 0.5) is 0 Å². The van der Waals surface area contributed by atoms with Gasteiger partial charge in [0.1, 0.15) is 0 Å². The number of hydrogen-bond acceptors (Lipinski definition) is 4. The number of nitrogens with one attached hydrogen (secondary N) is 1. The highest BCUT2D eigenvalue weighted by atomic mass is 16.4.